The van der Waals surface area contributed by atoms with Crippen LogP contribution < -0.4 is 0 Å². The molecule has 0 N–H and O–H groups in total. The third kappa shape index (κ3) is 9.35. The van der Waals surface area contributed by atoms with Gasteiger partial charge in [-0.05, 0) is 112 Å². The Morgan fingerprint density at radius 3 is 1.57 bits per heavy atom. The van der Waals surface area contributed by atoms with Crippen molar-refractivity contribution < 1.29 is 0 Å². The summed E-state index contributed by atoms with van der Waals surface area (Å²) in [6.07, 6.45) is 37.2. The highest BCUT2D eigenvalue weighted by Gasteiger charge is 2.35. The van der Waals surface area contributed by atoms with Crippen molar-refractivity contribution in [2.24, 2.45) is 29.6 Å². The zero-order valence-electron chi connectivity index (χ0n) is 24.8. The molecule has 3 saturated carbocycles. The zero-order chi connectivity index (χ0) is 25.7. The molecule has 0 radical (unpaired) electrons. The predicted octanol–water partition coefficient (Wildman–Crippen LogP) is 10.8. The minimum atomic E-state index is 0.614. The van der Waals surface area contributed by atoms with Crippen molar-refractivity contribution in [2.75, 3.05) is 0 Å². The Morgan fingerprint density at radius 1 is 0.541 bits per heavy atom. The number of hydrogen-bond donors (Lipinski definition) is 0. The van der Waals surface area contributed by atoms with Crippen LogP contribution in [0.3, 0.4) is 0 Å². The zero-order valence-corrected chi connectivity index (χ0v) is 24.8. The van der Waals surface area contributed by atoms with Gasteiger partial charge in [0.25, 0.3) is 0 Å². The fourth-order valence-electron chi connectivity index (χ4n) is 8.38. The highest BCUT2D eigenvalue weighted by atomic mass is 14.9. The monoisotopic (exact) mass is 508 g/mol. The Balaban J connectivity index is 1.10. The average Bonchev–Trinajstić information content (AvgIpc) is 2.96. The number of rotatable bonds is 14. The van der Waals surface area contributed by atoms with E-state index >= 15 is 0 Å². The van der Waals surface area contributed by atoms with E-state index in [0.717, 1.165) is 41.8 Å². The van der Waals surface area contributed by atoms with Gasteiger partial charge in [-0.1, -0.05) is 84.5 Å². The number of hydrogen-bond acceptors (Lipinski definition) is 2. The third-order valence-electron chi connectivity index (χ3n) is 10.9. The molecule has 3 fully saturated rings. The first-order valence-electron chi connectivity index (χ1n) is 17.1. The smallest absolute Gasteiger partial charge is 0.131 e. The molecular formula is C35H60N2. The second-order valence-corrected chi connectivity index (χ2v) is 13.5. The van der Waals surface area contributed by atoms with E-state index in [2.05, 4.69) is 26.2 Å². The van der Waals surface area contributed by atoms with E-state index in [9.17, 15) is 0 Å². The van der Waals surface area contributed by atoms with Crippen molar-refractivity contribution in [1.82, 2.24) is 9.97 Å². The molecule has 1 aromatic heterocycles. The SMILES string of the molecule is CCCCCCCCc1cnc(C2CCC(C3CCC(C4CCC(CCCCC)CC4)CC3)CC2)nc1. The Hall–Kier alpha value is -0.920. The van der Waals surface area contributed by atoms with Crippen molar-refractivity contribution in [2.45, 2.75) is 167 Å². The van der Waals surface area contributed by atoms with Crippen LogP contribution >= 0.6 is 0 Å². The lowest BCUT2D eigenvalue weighted by Gasteiger charge is -2.41. The van der Waals surface area contributed by atoms with Gasteiger partial charge in [0.15, 0.2) is 0 Å². The van der Waals surface area contributed by atoms with E-state index in [1.165, 1.54) is 108 Å². The van der Waals surface area contributed by atoms with Crippen LogP contribution in [0.15, 0.2) is 12.4 Å². The molecule has 1 heterocycles. The van der Waals surface area contributed by atoms with Gasteiger partial charge in [-0.3, -0.25) is 0 Å². The first kappa shape index (κ1) is 29.1. The standard InChI is InChI=1S/C35H60N2/c1-3-5-7-8-9-11-13-29-26-36-35(37-27-29)34-24-22-33(23-25-34)32-20-18-31(19-21-32)30-16-14-28(15-17-30)12-10-6-4-2/h26-28,30-34H,3-25H2,1-2H3. The molecule has 0 aromatic carbocycles. The second-order valence-electron chi connectivity index (χ2n) is 13.5. The first-order chi connectivity index (χ1) is 18.3. The Bertz CT molecular complexity index is 703. The van der Waals surface area contributed by atoms with Crippen molar-refractivity contribution in [3.8, 4) is 0 Å². The molecule has 0 spiro atoms. The van der Waals surface area contributed by atoms with E-state index in [0.29, 0.717) is 5.92 Å². The molecule has 0 atom stereocenters. The van der Waals surface area contributed by atoms with Crippen molar-refractivity contribution in [1.29, 1.82) is 0 Å². The van der Waals surface area contributed by atoms with E-state index in [1.807, 2.05) is 0 Å². The largest absolute Gasteiger partial charge is 0.241 e. The molecule has 4 rings (SSSR count). The highest BCUT2D eigenvalue weighted by molar-refractivity contribution is 5.08. The van der Waals surface area contributed by atoms with Crippen LogP contribution in [0.1, 0.15) is 172 Å². The van der Waals surface area contributed by atoms with Gasteiger partial charge in [-0.25, -0.2) is 9.97 Å². The van der Waals surface area contributed by atoms with E-state index < -0.39 is 0 Å². The molecule has 0 amide bonds. The summed E-state index contributed by atoms with van der Waals surface area (Å²) in [5.41, 5.74) is 1.34. The fourth-order valence-corrected chi connectivity index (χ4v) is 8.38. The van der Waals surface area contributed by atoms with E-state index in [1.54, 1.807) is 38.5 Å². The summed E-state index contributed by atoms with van der Waals surface area (Å²) >= 11 is 0. The maximum atomic E-state index is 4.84. The van der Waals surface area contributed by atoms with Gasteiger partial charge in [0.05, 0.1) is 0 Å². The highest BCUT2D eigenvalue weighted by Crippen LogP contribution is 2.47. The molecule has 0 bridgehead atoms. The summed E-state index contributed by atoms with van der Waals surface area (Å²) < 4.78 is 0. The number of aromatic nitrogens is 2. The first-order valence-corrected chi connectivity index (χ1v) is 17.1. The topological polar surface area (TPSA) is 25.8 Å². The molecule has 0 unspecified atom stereocenters. The minimum absolute atomic E-state index is 0.614. The van der Waals surface area contributed by atoms with Gasteiger partial charge >= 0.3 is 0 Å². The lowest BCUT2D eigenvalue weighted by Crippen LogP contribution is -2.29. The van der Waals surface area contributed by atoms with Crippen LogP contribution in [-0.2, 0) is 6.42 Å². The van der Waals surface area contributed by atoms with Crippen LogP contribution in [0.2, 0.25) is 0 Å². The molecule has 1 aromatic rings. The quantitative estimate of drug-likeness (QED) is 0.233. The molecule has 0 aliphatic heterocycles. The fraction of sp³-hybridized carbons (Fsp3) is 0.886. The van der Waals surface area contributed by atoms with Gasteiger partial charge in [0.2, 0.25) is 0 Å². The van der Waals surface area contributed by atoms with Crippen molar-refractivity contribution >= 4 is 0 Å². The Morgan fingerprint density at radius 2 is 1.00 bits per heavy atom. The van der Waals surface area contributed by atoms with Crippen LogP contribution in [0.5, 0.6) is 0 Å². The molecule has 0 saturated heterocycles. The van der Waals surface area contributed by atoms with Crippen LogP contribution in [0.4, 0.5) is 0 Å². The third-order valence-corrected chi connectivity index (χ3v) is 10.9. The summed E-state index contributed by atoms with van der Waals surface area (Å²) in [5.74, 6) is 6.95. The molecule has 3 aliphatic rings. The van der Waals surface area contributed by atoms with Gasteiger partial charge in [-0.15, -0.1) is 0 Å². The average molecular weight is 509 g/mol. The summed E-state index contributed by atoms with van der Waals surface area (Å²) in [5, 5.41) is 0. The number of nitrogens with zero attached hydrogens (tertiary/aromatic N) is 2. The van der Waals surface area contributed by atoms with Crippen LogP contribution in [0.25, 0.3) is 0 Å². The van der Waals surface area contributed by atoms with E-state index in [4.69, 9.17) is 9.97 Å². The molecular weight excluding hydrogens is 448 g/mol. The van der Waals surface area contributed by atoms with Gasteiger partial charge < -0.3 is 0 Å². The van der Waals surface area contributed by atoms with E-state index in [-0.39, 0.29) is 0 Å². The molecule has 2 nitrogen and oxygen atoms in total. The normalized spacial score (nSPS) is 30.9. The maximum absolute atomic E-state index is 4.84. The Labute approximate surface area is 230 Å². The number of aryl methyl sites for hydroxylation is 1. The molecule has 3 aliphatic carbocycles. The molecule has 2 heteroatoms. The van der Waals surface area contributed by atoms with Crippen molar-refractivity contribution in [3.63, 3.8) is 0 Å². The Kier molecular flexibility index (Phi) is 12.8. The predicted molar refractivity (Wildman–Crippen MR) is 159 cm³/mol. The van der Waals surface area contributed by atoms with Crippen molar-refractivity contribution in [3.05, 3.63) is 23.8 Å². The maximum Gasteiger partial charge on any atom is 0.131 e. The van der Waals surface area contributed by atoms with Gasteiger partial charge in [-0.2, -0.15) is 0 Å². The van der Waals surface area contributed by atoms with Crippen LogP contribution in [-0.4, -0.2) is 9.97 Å². The van der Waals surface area contributed by atoms with Gasteiger partial charge in [0, 0.05) is 18.3 Å². The summed E-state index contributed by atoms with van der Waals surface area (Å²) in [4.78, 5) is 9.69. The molecule has 37 heavy (non-hydrogen) atoms. The molecule has 210 valence electrons. The summed E-state index contributed by atoms with van der Waals surface area (Å²) in [6, 6.07) is 0. The second kappa shape index (κ2) is 16.2. The van der Waals surface area contributed by atoms with Gasteiger partial charge in [0.1, 0.15) is 5.82 Å². The minimum Gasteiger partial charge on any atom is -0.241 e. The lowest BCUT2D eigenvalue weighted by molar-refractivity contribution is 0.108. The number of unbranched alkanes of at least 4 members (excludes halogenated alkanes) is 7. The van der Waals surface area contributed by atoms with Crippen LogP contribution in [0, 0.1) is 29.6 Å². The summed E-state index contributed by atoms with van der Waals surface area (Å²) in [6.45, 7) is 4.63. The summed E-state index contributed by atoms with van der Waals surface area (Å²) in [7, 11) is 0. The lowest BCUT2D eigenvalue weighted by atomic mass is 9.65.